The van der Waals surface area contributed by atoms with Crippen molar-refractivity contribution < 1.29 is 14.3 Å². The lowest BCUT2D eigenvalue weighted by Gasteiger charge is -2.40. The van der Waals surface area contributed by atoms with Crippen LogP contribution in [0.3, 0.4) is 0 Å². The first kappa shape index (κ1) is 18.5. The van der Waals surface area contributed by atoms with E-state index in [1.165, 1.54) is 0 Å². The fourth-order valence-electron chi connectivity index (χ4n) is 3.04. The van der Waals surface area contributed by atoms with Gasteiger partial charge in [-0.05, 0) is 27.7 Å². The van der Waals surface area contributed by atoms with Crippen molar-refractivity contribution in [1.29, 1.82) is 5.26 Å². The van der Waals surface area contributed by atoms with Gasteiger partial charge in [-0.15, -0.1) is 0 Å². The van der Waals surface area contributed by atoms with Crippen LogP contribution in [0.2, 0.25) is 0 Å². The number of aliphatic hydroxyl groups is 1. The van der Waals surface area contributed by atoms with Crippen LogP contribution in [0, 0.1) is 25.2 Å². The molecule has 2 rings (SSSR count). The van der Waals surface area contributed by atoms with Crippen LogP contribution < -0.4 is 5.32 Å². The lowest BCUT2D eigenvalue weighted by atomic mass is 10.1. The maximum absolute atomic E-state index is 12.3. The van der Waals surface area contributed by atoms with Gasteiger partial charge in [-0.2, -0.15) is 5.26 Å². The van der Waals surface area contributed by atoms with Crippen LogP contribution in [0.15, 0.2) is 4.42 Å². The van der Waals surface area contributed by atoms with Gasteiger partial charge >= 0.3 is 0 Å². The molecule has 2 atom stereocenters. The van der Waals surface area contributed by atoms with Gasteiger partial charge in [-0.1, -0.05) is 0 Å². The standard InChI is InChI=1S/C17H26N4O3/c1-11-8-20(5-6-21(11)9-12(2)22)10-16(23)19-17-15(7-18)13(3)14(4)24-17/h11-12,22H,5-6,8-10H2,1-4H3,(H,19,23)/t11-,12-/m0/s1. The molecule has 1 aromatic heterocycles. The second kappa shape index (κ2) is 7.79. The van der Waals surface area contributed by atoms with E-state index in [1.54, 1.807) is 20.8 Å². The van der Waals surface area contributed by atoms with E-state index in [1.807, 2.05) is 0 Å². The molecule has 1 fully saturated rings. The molecule has 0 aromatic carbocycles. The van der Waals surface area contributed by atoms with E-state index in [-0.39, 0.29) is 30.5 Å². The van der Waals surface area contributed by atoms with E-state index in [9.17, 15) is 15.2 Å². The number of carbonyl (C=O) groups is 1. The molecule has 7 nitrogen and oxygen atoms in total. The second-order valence-electron chi connectivity index (χ2n) is 6.58. The van der Waals surface area contributed by atoms with Gasteiger partial charge in [0.1, 0.15) is 17.4 Å². The van der Waals surface area contributed by atoms with Crippen molar-refractivity contribution in [3.8, 4) is 6.07 Å². The van der Waals surface area contributed by atoms with Crippen molar-refractivity contribution in [3.63, 3.8) is 0 Å². The highest BCUT2D eigenvalue weighted by Gasteiger charge is 2.26. The third kappa shape index (κ3) is 4.35. The molecule has 1 aliphatic heterocycles. The minimum Gasteiger partial charge on any atom is -0.444 e. The van der Waals surface area contributed by atoms with Crippen molar-refractivity contribution in [2.24, 2.45) is 0 Å². The van der Waals surface area contributed by atoms with Gasteiger partial charge < -0.3 is 9.52 Å². The molecule has 0 radical (unpaired) electrons. The number of anilines is 1. The highest BCUT2D eigenvalue weighted by molar-refractivity contribution is 5.92. The number of nitriles is 1. The molecule has 0 aliphatic carbocycles. The summed E-state index contributed by atoms with van der Waals surface area (Å²) in [6, 6.07) is 2.35. The van der Waals surface area contributed by atoms with Crippen LogP contribution in [-0.2, 0) is 4.79 Å². The molecule has 0 bridgehead atoms. The number of piperazine rings is 1. The first-order chi connectivity index (χ1) is 11.3. The topological polar surface area (TPSA) is 92.7 Å². The number of aliphatic hydroxyl groups excluding tert-OH is 1. The van der Waals surface area contributed by atoms with Crippen LogP contribution in [0.1, 0.15) is 30.7 Å². The minimum atomic E-state index is -0.350. The average Bonchev–Trinajstić information content (AvgIpc) is 2.75. The normalized spacial score (nSPS) is 20.6. The van der Waals surface area contributed by atoms with Crippen molar-refractivity contribution in [3.05, 3.63) is 16.9 Å². The summed E-state index contributed by atoms with van der Waals surface area (Å²) in [6.07, 6.45) is -0.350. The monoisotopic (exact) mass is 334 g/mol. The van der Waals surface area contributed by atoms with E-state index in [4.69, 9.17) is 4.42 Å². The molecule has 0 spiro atoms. The quantitative estimate of drug-likeness (QED) is 0.837. The number of β-amino-alcohol motifs (C(OH)–C–C–N with tert-alkyl or cyclic N) is 1. The highest BCUT2D eigenvalue weighted by Crippen LogP contribution is 2.25. The van der Waals surface area contributed by atoms with E-state index in [0.717, 1.165) is 25.2 Å². The first-order valence-corrected chi connectivity index (χ1v) is 8.26. The summed E-state index contributed by atoms with van der Waals surface area (Å²) in [5.41, 5.74) is 1.14. The van der Waals surface area contributed by atoms with Crippen LogP contribution in [-0.4, -0.2) is 65.7 Å². The summed E-state index contributed by atoms with van der Waals surface area (Å²) in [5.74, 6) is 0.692. The highest BCUT2D eigenvalue weighted by atomic mass is 16.4. The van der Waals surface area contributed by atoms with Crippen molar-refractivity contribution in [2.75, 3.05) is 38.0 Å². The van der Waals surface area contributed by atoms with E-state index >= 15 is 0 Å². The van der Waals surface area contributed by atoms with Gasteiger partial charge in [0.2, 0.25) is 11.8 Å². The number of nitrogens with zero attached hydrogens (tertiary/aromatic N) is 3. The minimum absolute atomic E-state index is 0.184. The number of carbonyl (C=O) groups excluding carboxylic acids is 1. The first-order valence-electron chi connectivity index (χ1n) is 8.26. The number of nitrogens with one attached hydrogen (secondary N) is 1. The predicted molar refractivity (Wildman–Crippen MR) is 90.7 cm³/mol. The van der Waals surface area contributed by atoms with Gasteiger partial charge in [0, 0.05) is 37.8 Å². The molecule has 7 heteroatoms. The molecule has 1 aromatic rings. The second-order valence-corrected chi connectivity index (χ2v) is 6.58. The van der Waals surface area contributed by atoms with Crippen LogP contribution in [0.25, 0.3) is 0 Å². The zero-order valence-electron chi connectivity index (χ0n) is 14.8. The van der Waals surface area contributed by atoms with Crippen LogP contribution in [0.5, 0.6) is 0 Å². The molecule has 132 valence electrons. The number of furan rings is 1. The van der Waals surface area contributed by atoms with E-state index in [0.29, 0.717) is 17.9 Å². The summed E-state index contributed by atoms with van der Waals surface area (Å²) in [5, 5.41) is 21.4. The molecule has 2 heterocycles. The van der Waals surface area contributed by atoms with Gasteiger partial charge in [0.05, 0.1) is 12.6 Å². The number of hydrogen-bond donors (Lipinski definition) is 2. The van der Waals surface area contributed by atoms with Gasteiger partial charge in [-0.25, -0.2) is 0 Å². The van der Waals surface area contributed by atoms with E-state index in [2.05, 4.69) is 28.1 Å². The molecular formula is C17H26N4O3. The largest absolute Gasteiger partial charge is 0.444 e. The Hall–Kier alpha value is -1.88. The Kier molecular flexibility index (Phi) is 5.99. The number of hydrogen-bond acceptors (Lipinski definition) is 6. The number of aryl methyl sites for hydroxylation is 1. The Morgan fingerprint density at radius 2 is 2.21 bits per heavy atom. The maximum Gasteiger partial charge on any atom is 0.240 e. The molecular weight excluding hydrogens is 308 g/mol. The Morgan fingerprint density at radius 1 is 1.50 bits per heavy atom. The third-order valence-electron chi connectivity index (χ3n) is 4.47. The third-order valence-corrected chi connectivity index (χ3v) is 4.47. The SMILES string of the molecule is Cc1oc(NC(=O)CN2CCN(C[C@H](C)O)[C@@H](C)C2)c(C#N)c1C. The Labute approximate surface area is 142 Å². The molecule has 1 amide bonds. The molecule has 1 saturated heterocycles. The van der Waals surface area contributed by atoms with Crippen LogP contribution >= 0.6 is 0 Å². The smallest absolute Gasteiger partial charge is 0.240 e. The zero-order valence-corrected chi connectivity index (χ0v) is 14.8. The molecule has 24 heavy (non-hydrogen) atoms. The lowest BCUT2D eigenvalue weighted by molar-refractivity contribution is -0.118. The van der Waals surface area contributed by atoms with Gasteiger partial charge in [0.15, 0.2) is 0 Å². The van der Waals surface area contributed by atoms with E-state index < -0.39 is 0 Å². The molecule has 2 N–H and O–H groups in total. The van der Waals surface area contributed by atoms with Gasteiger partial charge in [0.25, 0.3) is 0 Å². The fourth-order valence-corrected chi connectivity index (χ4v) is 3.04. The number of rotatable bonds is 5. The Balaban J connectivity index is 1.90. The van der Waals surface area contributed by atoms with Crippen molar-refractivity contribution in [2.45, 2.75) is 39.8 Å². The van der Waals surface area contributed by atoms with Crippen molar-refractivity contribution in [1.82, 2.24) is 9.80 Å². The summed E-state index contributed by atoms with van der Waals surface area (Å²) >= 11 is 0. The fraction of sp³-hybridized carbons (Fsp3) is 0.647. The number of amides is 1. The van der Waals surface area contributed by atoms with Crippen LogP contribution in [0.4, 0.5) is 5.88 Å². The Morgan fingerprint density at radius 3 is 2.79 bits per heavy atom. The Bertz CT molecular complexity index is 633. The zero-order chi connectivity index (χ0) is 17.9. The molecule has 1 aliphatic rings. The van der Waals surface area contributed by atoms with Gasteiger partial charge in [-0.3, -0.25) is 19.9 Å². The average molecular weight is 334 g/mol. The van der Waals surface area contributed by atoms with Crippen molar-refractivity contribution >= 4 is 11.8 Å². The molecule has 0 unspecified atom stereocenters. The summed E-state index contributed by atoms with van der Waals surface area (Å²) in [6.45, 7) is 10.7. The lowest BCUT2D eigenvalue weighted by Crippen LogP contribution is -2.54. The summed E-state index contributed by atoms with van der Waals surface area (Å²) in [7, 11) is 0. The summed E-state index contributed by atoms with van der Waals surface area (Å²) < 4.78 is 5.47. The molecule has 0 saturated carbocycles. The maximum atomic E-state index is 12.3. The predicted octanol–water partition coefficient (Wildman–Crippen LogP) is 1.09. The summed E-state index contributed by atoms with van der Waals surface area (Å²) in [4.78, 5) is 16.6.